The highest BCUT2D eigenvalue weighted by Crippen LogP contribution is 2.26. The molecule has 2 rings (SSSR count). The Bertz CT molecular complexity index is 360. The van der Waals surface area contributed by atoms with Gasteiger partial charge in [-0.2, -0.15) is 0 Å². The standard InChI is InChI=1S/C14H20FNO/c1-10-5-3-8-13(15)14(10)16-11-6-4-7-12(9-11)17-2/h3,5,8,11-12,16H,4,6-7,9H2,1-2H3. The Kier molecular flexibility index (Phi) is 4.00. The first kappa shape index (κ1) is 12.4. The van der Waals surface area contributed by atoms with Gasteiger partial charge in [0.2, 0.25) is 0 Å². The molecule has 1 aromatic carbocycles. The predicted molar refractivity (Wildman–Crippen MR) is 67.8 cm³/mol. The van der Waals surface area contributed by atoms with Gasteiger partial charge < -0.3 is 10.1 Å². The Hall–Kier alpha value is -1.09. The van der Waals surface area contributed by atoms with Crippen molar-refractivity contribution in [1.82, 2.24) is 0 Å². The van der Waals surface area contributed by atoms with E-state index in [1.165, 1.54) is 6.07 Å². The van der Waals surface area contributed by atoms with Crippen LogP contribution in [0.25, 0.3) is 0 Å². The van der Waals surface area contributed by atoms with Gasteiger partial charge in [-0.15, -0.1) is 0 Å². The molecule has 1 aliphatic rings. The average Bonchev–Trinajstić information content (AvgIpc) is 2.34. The Morgan fingerprint density at radius 2 is 2.18 bits per heavy atom. The van der Waals surface area contributed by atoms with Crippen molar-refractivity contribution in [3.63, 3.8) is 0 Å². The third kappa shape index (κ3) is 2.97. The van der Waals surface area contributed by atoms with Gasteiger partial charge >= 0.3 is 0 Å². The Balaban J connectivity index is 2.05. The number of rotatable bonds is 3. The molecule has 0 radical (unpaired) electrons. The summed E-state index contributed by atoms with van der Waals surface area (Å²) in [5.41, 5.74) is 1.61. The number of ether oxygens (including phenoxy) is 1. The number of para-hydroxylation sites is 1. The van der Waals surface area contributed by atoms with E-state index in [9.17, 15) is 4.39 Å². The molecule has 1 aromatic rings. The number of aryl methyl sites for hydroxylation is 1. The van der Waals surface area contributed by atoms with Crippen LogP contribution in [0.4, 0.5) is 10.1 Å². The van der Waals surface area contributed by atoms with Crippen molar-refractivity contribution < 1.29 is 9.13 Å². The summed E-state index contributed by atoms with van der Waals surface area (Å²) >= 11 is 0. The molecule has 1 fully saturated rings. The molecule has 94 valence electrons. The van der Waals surface area contributed by atoms with Crippen LogP contribution in [-0.4, -0.2) is 19.3 Å². The second-order valence-electron chi connectivity index (χ2n) is 4.80. The molecule has 2 unspecified atom stereocenters. The molecule has 2 atom stereocenters. The minimum Gasteiger partial charge on any atom is -0.381 e. The quantitative estimate of drug-likeness (QED) is 0.868. The fourth-order valence-electron chi connectivity index (χ4n) is 2.51. The van der Waals surface area contributed by atoms with E-state index in [0.29, 0.717) is 17.8 Å². The molecule has 0 heterocycles. The molecule has 0 saturated heterocycles. The van der Waals surface area contributed by atoms with Crippen LogP contribution in [0.2, 0.25) is 0 Å². The molecule has 1 aliphatic carbocycles. The lowest BCUT2D eigenvalue weighted by molar-refractivity contribution is 0.0669. The molecule has 3 heteroatoms. The molecule has 0 amide bonds. The van der Waals surface area contributed by atoms with E-state index in [1.807, 2.05) is 13.0 Å². The summed E-state index contributed by atoms with van der Waals surface area (Å²) in [5.74, 6) is -0.162. The molecular weight excluding hydrogens is 217 g/mol. The molecule has 2 nitrogen and oxygen atoms in total. The number of hydrogen-bond donors (Lipinski definition) is 1. The number of benzene rings is 1. The van der Waals surface area contributed by atoms with E-state index in [1.54, 1.807) is 13.2 Å². The summed E-state index contributed by atoms with van der Waals surface area (Å²) in [6.07, 6.45) is 4.63. The zero-order valence-electron chi connectivity index (χ0n) is 10.5. The fourth-order valence-corrected chi connectivity index (χ4v) is 2.51. The van der Waals surface area contributed by atoms with E-state index in [2.05, 4.69) is 5.32 Å². The van der Waals surface area contributed by atoms with Crippen molar-refractivity contribution in [1.29, 1.82) is 0 Å². The number of hydrogen-bond acceptors (Lipinski definition) is 2. The maximum absolute atomic E-state index is 13.7. The summed E-state index contributed by atoms with van der Waals surface area (Å²) in [4.78, 5) is 0. The van der Waals surface area contributed by atoms with Crippen LogP contribution in [0.5, 0.6) is 0 Å². The van der Waals surface area contributed by atoms with Crippen molar-refractivity contribution >= 4 is 5.69 Å². The van der Waals surface area contributed by atoms with Gasteiger partial charge in [-0.1, -0.05) is 12.1 Å². The van der Waals surface area contributed by atoms with Crippen molar-refractivity contribution in [3.8, 4) is 0 Å². The number of halogens is 1. The van der Waals surface area contributed by atoms with E-state index >= 15 is 0 Å². The summed E-state index contributed by atoms with van der Waals surface area (Å²) < 4.78 is 19.1. The van der Waals surface area contributed by atoms with Crippen LogP contribution in [0.15, 0.2) is 18.2 Å². The fraction of sp³-hybridized carbons (Fsp3) is 0.571. The highest BCUT2D eigenvalue weighted by atomic mass is 19.1. The van der Waals surface area contributed by atoms with Crippen molar-refractivity contribution in [3.05, 3.63) is 29.6 Å². The minimum absolute atomic E-state index is 0.162. The van der Waals surface area contributed by atoms with Crippen LogP contribution in [0, 0.1) is 12.7 Å². The van der Waals surface area contributed by atoms with Gasteiger partial charge in [-0.3, -0.25) is 0 Å². The van der Waals surface area contributed by atoms with Crippen molar-refractivity contribution in [2.24, 2.45) is 0 Å². The second kappa shape index (κ2) is 5.50. The maximum Gasteiger partial charge on any atom is 0.146 e. The zero-order valence-corrected chi connectivity index (χ0v) is 10.5. The average molecular weight is 237 g/mol. The van der Waals surface area contributed by atoms with Gasteiger partial charge in [0.1, 0.15) is 5.82 Å². The molecular formula is C14H20FNO. The van der Waals surface area contributed by atoms with Gasteiger partial charge in [-0.25, -0.2) is 4.39 Å². The maximum atomic E-state index is 13.7. The molecule has 0 aromatic heterocycles. The number of methoxy groups -OCH3 is 1. The van der Waals surface area contributed by atoms with Gasteiger partial charge in [0, 0.05) is 13.2 Å². The molecule has 1 saturated carbocycles. The lowest BCUT2D eigenvalue weighted by Gasteiger charge is -2.30. The lowest BCUT2D eigenvalue weighted by atomic mass is 9.92. The molecule has 0 aliphatic heterocycles. The molecule has 17 heavy (non-hydrogen) atoms. The normalized spacial score (nSPS) is 24.6. The van der Waals surface area contributed by atoms with Crippen LogP contribution in [0.3, 0.4) is 0 Å². The van der Waals surface area contributed by atoms with E-state index < -0.39 is 0 Å². The summed E-state index contributed by atoms with van der Waals surface area (Å²) in [7, 11) is 1.75. The van der Waals surface area contributed by atoms with Crippen molar-refractivity contribution in [2.45, 2.75) is 44.8 Å². The lowest BCUT2D eigenvalue weighted by Crippen LogP contribution is -2.31. The van der Waals surface area contributed by atoms with Crippen LogP contribution in [0.1, 0.15) is 31.2 Å². The highest BCUT2D eigenvalue weighted by molar-refractivity contribution is 5.52. The zero-order chi connectivity index (χ0) is 12.3. The third-order valence-electron chi connectivity index (χ3n) is 3.53. The smallest absolute Gasteiger partial charge is 0.146 e. The van der Waals surface area contributed by atoms with Crippen LogP contribution >= 0.6 is 0 Å². The van der Waals surface area contributed by atoms with E-state index in [0.717, 1.165) is 31.2 Å². The SMILES string of the molecule is COC1CCCC(Nc2c(C)cccc2F)C1. The molecule has 0 bridgehead atoms. The minimum atomic E-state index is -0.162. The highest BCUT2D eigenvalue weighted by Gasteiger charge is 2.22. The van der Waals surface area contributed by atoms with Gasteiger partial charge in [0.15, 0.2) is 0 Å². The summed E-state index contributed by atoms with van der Waals surface area (Å²) in [5, 5.41) is 3.33. The Morgan fingerprint density at radius 1 is 1.35 bits per heavy atom. The first-order valence-corrected chi connectivity index (χ1v) is 6.25. The van der Waals surface area contributed by atoms with Crippen molar-refractivity contribution in [2.75, 3.05) is 12.4 Å². The monoisotopic (exact) mass is 237 g/mol. The number of anilines is 1. The van der Waals surface area contributed by atoms with E-state index in [4.69, 9.17) is 4.74 Å². The number of nitrogens with one attached hydrogen (secondary N) is 1. The first-order valence-electron chi connectivity index (χ1n) is 6.25. The Labute approximate surface area is 102 Å². The predicted octanol–water partition coefficient (Wildman–Crippen LogP) is 3.50. The van der Waals surface area contributed by atoms with Crippen LogP contribution in [-0.2, 0) is 4.74 Å². The molecule has 0 spiro atoms. The van der Waals surface area contributed by atoms with Crippen LogP contribution < -0.4 is 5.32 Å². The first-order chi connectivity index (χ1) is 8.20. The second-order valence-corrected chi connectivity index (χ2v) is 4.80. The van der Waals surface area contributed by atoms with Gasteiger partial charge in [-0.05, 0) is 44.2 Å². The largest absolute Gasteiger partial charge is 0.381 e. The Morgan fingerprint density at radius 3 is 2.88 bits per heavy atom. The van der Waals surface area contributed by atoms with Gasteiger partial charge in [0.25, 0.3) is 0 Å². The molecule has 1 N–H and O–H groups in total. The van der Waals surface area contributed by atoms with Gasteiger partial charge in [0.05, 0.1) is 11.8 Å². The summed E-state index contributed by atoms with van der Waals surface area (Å²) in [6.45, 7) is 1.93. The topological polar surface area (TPSA) is 21.3 Å². The van der Waals surface area contributed by atoms with E-state index in [-0.39, 0.29) is 5.82 Å². The summed E-state index contributed by atoms with van der Waals surface area (Å²) in [6, 6.07) is 5.51. The third-order valence-corrected chi connectivity index (χ3v) is 3.53.